The van der Waals surface area contributed by atoms with Crippen molar-refractivity contribution in [2.75, 3.05) is 7.11 Å². The van der Waals surface area contributed by atoms with Gasteiger partial charge in [0, 0.05) is 0 Å². The highest BCUT2D eigenvalue weighted by atomic mass is 16.5. The summed E-state index contributed by atoms with van der Waals surface area (Å²) in [5, 5.41) is 9.76. The van der Waals surface area contributed by atoms with Crippen molar-refractivity contribution in [1.82, 2.24) is 0 Å². The molecule has 0 aromatic carbocycles. The third kappa shape index (κ3) is 7.60. The Bertz CT molecular complexity index is 186. The fraction of sp³-hybridized carbons (Fsp3) is 0.636. The van der Waals surface area contributed by atoms with Gasteiger partial charge in [0.25, 0.3) is 0 Å². The summed E-state index contributed by atoms with van der Waals surface area (Å²) in [6.07, 6.45) is 6.92. The first-order chi connectivity index (χ1) is 5.98. The zero-order valence-electron chi connectivity index (χ0n) is 9.00. The largest absolute Gasteiger partial charge is 0.505 e. The topological polar surface area (TPSA) is 29.5 Å². The van der Waals surface area contributed by atoms with Crippen LogP contribution in [0.25, 0.3) is 0 Å². The van der Waals surface area contributed by atoms with Crippen LogP contribution in [0.1, 0.15) is 33.6 Å². The lowest BCUT2D eigenvalue weighted by molar-refractivity contribution is 0.0996. The molecule has 0 radical (unpaired) electrons. The smallest absolute Gasteiger partial charge is 0.0834 e. The molecule has 0 saturated heterocycles. The molecule has 0 aromatic heterocycles. The Morgan fingerprint density at radius 1 is 1.46 bits per heavy atom. The minimum Gasteiger partial charge on any atom is -0.505 e. The van der Waals surface area contributed by atoms with Gasteiger partial charge in [0.05, 0.1) is 19.0 Å². The van der Waals surface area contributed by atoms with E-state index in [2.05, 4.69) is 19.9 Å². The van der Waals surface area contributed by atoms with Crippen molar-refractivity contribution < 1.29 is 9.84 Å². The maximum atomic E-state index is 9.76. The van der Waals surface area contributed by atoms with Crippen LogP contribution in [-0.4, -0.2) is 17.8 Å². The first-order valence-corrected chi connectivity index (χ1v) is 4.54. The minimum atomic E-state index is -0.762. The van der Waals surface area contributed by atoms with Crippen LogP contribution in [0.5, 0.6) is 0 Å². The number of hydrogen-bond donors (Lipinski definition) is 1. The van der Waals surface area contributed by atoms with E-state index in [0.717, 1.165) is 12.8 Å². The van der Waals surface area contributed by atoms with E-state index >= 15 is 0 Å². The number of methoxy groups -OCH3 is 1. The van der Waals surface area contributed by atoms with Gasteiger partial charge in [-0.1, -0.05) is 11.6 Å². The zero-order chi connectivity index (χ0) is 10.3. The van der Waals surface area contributed by atoms with E-state index in [1.54, 1.807) is 20.1 Å². The fourth-order valence-electron chi connectivity index (χ4n) is 0.951. The molecule has 0 fully saturated rings. The maximum Gasteiger partial charge on any atom is 0.0834 e. The SMILES string of the molecule is COC=CC(C)(O)CCC=C(C)C. The van der Waals surface area contributed by atoms with Crippen LogP contribution in [0.2, 0.25) is 0 Å². The predicted octanol–water partition coefficient (Wildman–Crippen LogP) is 2.64. The van der Waals surface area contributed by atoms with E-state index in [1.807, 2.05) is 0 Å². The maximum absolute atomic E-state index is 9.76. The summed E-state index contributed by atoms with van der Waals surface area (Å²) in [5.74, 6) is 0. The molecule has 0 aliphatic heterocycles. The molecule has 1 unspecified atom stereocenters. The molecule has 0 saturated carbocycles. The van der Waals surface area contributed by atoms with Gasteiger partial charge in [0.15, 0.2) is 0 Å². The molecule has 1 N–H and O–H groups in total. The molecule has 0 amide bonds. The summed E-state index contributed by atoms with van der Waals surface area (Å²) < 4.78 is 4.75. The molecule has 2 nitrogen and oxygen atoms in total. The second-order valence-electron chi connectivity index (χ2n) is 3.72. The van der Waals surface area contributed by atoms with Crippen LogP contribution in [0.3, 0.4) is 0 Å². The van der Waals surface area contributed by atoms with Crippen LogP contribution in [-0.2, 0) is 4.74 Å². The average molecular weight is 184 g/mol. The van der Waals surface area contributed by atoms with Crippen LogP contribution < -0.4 is 0 Å². The summed E-state index contributed by atoms with van der Waals surface area (Å²) in [5.41, 5.74) is 0.522. The van der Waals surface area contributed by atoms with Crippen molar-refractivity contribution >= 4 is 0 Å². The summed E-state index contributed by atoms with van der Waals surface area (Å²) in [6.45, 7) is 5.89. The van der Waals surface area contributed by atoms with Crippen molar-refractivity contribution in [3.8, 4) is 0 Å². The van der Waals surface area contributed by atoms with E-state index in [1.165, 1.54) is 11.8 Å². The Morgan fingerprint density at radius 3 is 2.54 bits per heavy atom. The van der Waals surface area contributed by atoms with E-state index in [-0.39, 0.29) is 0 Å². The lowest BCUT2D eigenvalue weighted by Crippen LogP contribution is -2.20. The highest BCUT2D eigenvalue weighted by Crippen LogP contribution is 2.14. The molecule has 0 rings (SSSR count). The number of rotatable bonds is 5. The third-order valence-corrected chi connectivity index (χ3v) is 1.77. The second-order valence-corrected chi connectivity index (χ2v) is 3.72. The van der Waals surface area contributed by atoms with Gasteiger partial charge in [-0.15, -0.1) is 0 Å². The highest BCUT2D eigenvalue weighted by molar-refractivity contribution is 4.99. The van der Waals surface area contributed by atoms with Crippen LogP contribution in [0.4, 0.5) is 0 Å². The summed E-state index contributed by atoms with van der Waals surface area (Å²) in [4.78, 5) is 0. The van der Waals surface area contributed by atoms with Gasteiger partial charge in [0.2, 0.25) is 0 Å². The van der Waals surface area contributed by atoms with E-state index < -0.39 is 5.60 Å². The lowest BCUT2D eigenvalue weighted by atomic mass is 10.00. The van der Waals surface area contributed by atoms with Gasteiger partial charge in [-0.2, -0.15) is 0 Å². The van der Waals surface area contributed by atoms with Crippen LogP contribution in [0.15, 0.2) is 24.0 Å². The molecule has 76 valence electrons. The molecule has 13 heavy (non-hydrogen) atoms. The van der Waals surface area contributed by atoms with Crippen molar-refractivity contribution in [3.63, 3.8) is 0 Å². The molecule has 0 bridgehead atoms. The molecule has 0 aliphatic rings. The molecule has 0 aliphatic carbocycles. The van der Waals surface area contributed by atoms with Crippen molar-refractivity contribution in [3.05, 3.63) is 24.0 Å². The first-order valence-electron chi connectivity index (χ1n) is 4.54. The zero-order valence-corrected chi connectivity index (χ0v) is 9.00. The third-order valence-electron chi connectivity index (χ3n) is 1.77. The normalized spacial score (nSPS) is 15.5. The van der Waals surface area contributed by atoms with Crippen LogP contribution >= 0.6 is 0 Å². The molecule has 0 aromatic rings. The Kier molecular flexibility index (Phi) is 5.47. The number of ether oxygens (including phenoxy) is 1. The van der Waals surface area contributed by atoms with E-state index in [4.69, 9.17) is 4.74 Å². The quantitative estimate of drug-likeness (QED) is 0.525. The first kappa shape index (κ1) is 12.2. The second kappa shape index (κ2) is 5.81. The van der Waals surface area contributed by atoms with E-state index in [9.17, 15) is 5.11 Å². The van der Waals surface area contributed by atoms with E-state index in [0.29, 0.717) is 0 Å². The standard InChI is InChI=1S/C11H20O2/c1-10(2)6-5-7-11(3,12)8-9-13-4/h6,8-9,12H,5,7H2,1-4H3. The summed E-state index contributed by atoms with van der Waals surface area (Å²) >= 11 is 0. The molecule has 2 heteroatoms. The van der Waals surface area contributed by atoms with Crippen LogP contribution in [0, 0.1) is 0 Å². The minimum absolute atomic E-state index is 0.720. The van der Waals surface area contributed by atoms with Gasteiger partial charge in [-0.3, -0.25) is 0 Å². The number of aliphatic hydroxyl groups is 1. The van der Waals surface area contributed by atoms with Gasteiger partial charge >= 0.3 is 0 Å². The van der Waals surface area contributed by atoms with Gasteiger partial charge in [-0.25, -0.2) is 0 Å². The highest BCUT2D eigenvalue weighted by Gasteiger charge is 2.14. The number of allylic oxidation sites excluding steroid dienone is 2. The van der Waals surface area contributed by atoms with Crippen molar-refractivity contribution in [2.45, 2.75) is 39.2 Å². The van der Waals surface area contributed by atoms with Crippen molar-refractivity contribution in [2.24, 2.45) is 0 Å². The number of hydrogen-bond acceptors (Lipinski definition) is 2. The Labute approximate surface area is 80.9 Å². The fourth-order valence-corrected chi connectivity index (χ4v) is 0.951. The average Bonchev–Trinajstić information content (AvgIpc) is 2.00. The Morgan fingerprint density at radius 2 is 2.08 bits per heavy atom. The molecular weight excluding hydrogens is 164 g/mol. The van der Waals surface area contributed by atoms with Gasteiger partial charge in [-0.05, 0) is 39.7 Å². The van der Waals surface area contributed by atoms with Gasteiger partial charge in [0.1, 0.15) is 0 Å². The molecule has 0 spiro atoms. The molecular formula is C11H20O2. The lowest BCUT2D eigenvalue weighted by Gasteiger charge is -2.17. The Balaban J connectivity index is 3.89. The predicted molar refractivity (Wildman–Crippen MR) is 55.4 cm³/mol. The Hall–Kier alpha value is -0.760. The summed E-state index contributed by atoms with van der Waals surface area (Å²) in [7, 11) is 1.57. The summed E-state index contributed by atoms with van der Waals surface area (Å²) in [6, 6.07) is 0. The molecule has 1 atom stereocenters. The van der Waals surface area contributed by atoms with Crippen molar-refractivity contribution in [1.29, 1.82) is 0 Å². The van der Waals surface area contributed by atoms with Gasteiger partial charge < -0.3 is 9.84 Å². The molecule has 0 heterocycles. The monoisotopic (exact) mass is 184 g/mol.